The first-order chi connectivity index (χ1) is 22.5. The number of amides is 6. The van der Waals surface area contributed by atoms with Crippen molar-refractivity contribution in [3.63, 3.8) is 0 Å². The minimum absolute atomic E-state index is 0.0564. The summed E-state index contributed by atoms with van der Waals surface area (Å²) in [6.07, 6.45) is 8.54. The molecular formula is C32H56N6O8Se2. The average molecular weight is 811 g/mol. The van der Waals surface area contributed by atoms with Gasteiger partial charge in [-0.2, -0.15) is 0 Å². The third-order valence-corrected chi connectivity index (χ3v) is 14.4. The topological polar surface area (TPSA) is 193 Å². The van der Waals surface area contributed by atoms with E-state index in [1.165, 1.54) is 0 Å². The Morgan fingerprint density at radius 3 is 1.23 bits per heavy atom. The first kappa shape index (κ1) is 41.6. The van der Waals surface area contributed by atoms with Gasteiger partial charge in [-0.1, -0.05) is 0 Å². The van der Waals surface area contributed by atoms with E-state index >= 15 is 0 Å². The van der Waals surface area contributed by atoms with Gasteiger partial charge in [0.25, 0.3) is 0 Å². The molecule has 6 amide bonds. The van der Waals surface area contributed by atoms with Gasteiger partial charge in [-0.05, 0) is 0 Å². The number of hydrogen-bond donors (Lipinski definition) is 6. The maximum atomic E-state index is 13.3. The van der Waals surface area contributed by atoms with Crippen molar-refractivity contribution in [2.75, 3.05) is 13.1 Å². The average Bonchev–Trinajstić information content (AvgIpc) is 2.99. The SMILES string of the molecule is CC(C)(C)OC(=O)NCC(=O)NC(C[Se][Se]CC(NC(=O)CNC(=O)OC(C)(C)C)C(=O)NC1CCCCC1)C(=O)NC1CCCCC1. The Morgan fingerprint density at radius 2 is 0.917 bits per heavy atom. The second-order valence-corrected chi connectivity index (χ2v) is 21.7. The van der Waals surface area contributed by atoms with Crippen molar-refractivity contribution in [3.8, 4) is 0 Å². The predicted octanol–water partition coefficient (Wildman–Crippen LogP) is 2.06. The van der Waals surface area contributed by atoms with Crippen LogP contribution in [0, 0.1) is 0 Å². The molecule has 2 aliphatic carbocycles. The van der Waals surface area contributed by atoms with Crippen molar-refractivity contribution >= 4 is 62.1 Å². The van der Waals surface area contributed by atoms with Crippen LogP contribution in [0.5, 0.6) is 0 Å². The fourth-order valence-electron chi connectivity index (χ4n) is 5.12. The van der Waals surface area contributed by atoms with Crippen molar-refractivity contribution in [1.29, 1.82) is 0 Å². The minimum atomic E-state index is -0.802. The van der Waals surface area contributed by atoms with Gasteiger partial charge in [0.1, 0.15) is 0 Å². The van der Waals surface area contributed by atoms with Crippen molar-refractivity contribution in [3.05, 3.63) is 0 Å². The summed E-state index contributed by atoms with van der Waals surface area (Å²) < 4.78 is 10.4. The van der Waals surface area contributed by atoms with Gasteiger partial charge < -0.3 is 0 Å². The number of rotatable bonds is 15. The molecule has 2 rings (SSSR count). The van der Waals surface area contributed by atoms with Crippen molar-refractivity contribution in [2.45, 2.75) is 152 Å². The van der Waals surface area contributed by atoms with E-state index in [1.807, 2.05) is 0 Å². The van der Waals surface area contributed by atoms with Gasteiger partial charge in [-0.25, -0.2) is 0 Å². The first-order valence-electron chi connectivity index (χ1n) is 16.9. The van der Waals surface area contributed by atoms with Crippen molar-refractivity contribution in [1.82, 2.24) is 31.9 Å². The molecule has 48 heavy (non-hydrogen) atoms. The van der Waals surface area contributed by atoms with Crippen LogP contribution in [0.4, 0.5) is 9.59 Å². The van der Waals surface area contributed by atoms with Crippen LogP contribution in [-0.4, -0.2) is 111 Å². The Balaban J connectivity index is 1.99. The van der Waals surface area contributed by atoms with E-state index < -0.39 is 47.3 Å². The van der Waals surface area contributed by atoms with Gasteiger partial charge in [-0.3, -0.25) is 0 Å². The normalized spacial score (nSPS) is 17.2. The quantitative estimate of drug-likeness (QED) is 0.107. The van der Waals surface area contributed by atoms with Gasteiger partial charge in [0.2, 0.25) is 0 Å². The van der Waals surface area contributed by atoms with E-state index in [0.717, 1.165) is 64.2 Å². The second-order valence-electron chi connectivity index (χ2n) is 14.2. The second kappa shape index (κ2) is 20.9. The standard InChI is InChI=1S/C32H56N6O8Se2/c1-31(2,3)45-29(43)33-17-25(39)37-23(27(41)35-21-13-9-7-10-14-21)19-47-48-20-24(28(42)36-22-15-11-8-12-16-22)38-26(40)18-34-30(44)46-32(4,5)6/h21-24H,7-20H2,1-6H3,(H,33,43)(H,34,44)(H,35,41)(H,36,42)(H,37,39)(H,38,40). The molecule has 2 fully saturated rings. The Labute approximate surface area is 296 Å². The third kappa shape index (κ3) is 18.9. The molecule has 2 aliphatic rings. The van der Waals surface area contributed by atoms with E-state index in [4.69, 9.17) is 9.47 Å². The zero-order valence-electron chi connectivity index (χ0n) is 29.3. The number of alkyl carbamates (subject to hydrolysis) is 2. The maximum absolute atomic E-state index is 13.3. The number of ether oxygens (including phenoxy) is 2. The predicted molar refractivity (Wildman–Crippen MR) is 183 cm³/mol. The van der Waals surface area contributed by atoms with Gasteiger partial charge in [0.15, 0.2) is 0 Å². The van der Waals surface area contributed by atoms with Crippen LogP contribution in [0.15, 0.2) is 0 Å². The van der Waals surface area contributed by atoms with Crippen molar-refractivity contribution < 1.29 is 38.2 Å². The number of carbonyl (C=O) groups excluding carboxylic acids is 6. The van der Waals surface area contributed by atoms with Crippen LogP contribution in [0.3, 0.4) is 0 Å². The molecule has 2 unspecified atom stereocenters. The van der Waals surface area contributed by atoms with Gasteiger partial charge in [0.05, 0.1) is 0 Å². The van der Waals surface area contributed by atoms with E-state index in [1.54, 1.807) is 41.5 Å². The van der Waals surface area contributed by atoms with E-state index in [-0.39, 0.29) is 63.3 Å². The van der Waals surface area contributed by atoms with Crippen LogP contribution in [0.1, 0.15) is 106 Å². The summed E-state index contributed by atoms with van der Waals surface area (Å²) >= 11 is -0.257. The monoisotopic (exact) mass is 812 g/mol. The summed E-state index contributed by atoms with van der Waals surface area (Å²) in [5.41, 5.74) is -1.43. The molecule has 16 heteroatoms. The number of hydrogen-bond acceptors (Lipinski definition) is 8. The Hall–Kier alpha value is -2.54. The summed E-state index contributed by atoms with van der Waals surface area (Å²) in [6, 6.07) is -1.49. The summed E-state index contributed by atoms with van der Waals surface area (Å²) in [5.74, 6) is -1.55. The van der Waals surface area contributed by atoms with Crippen LogP contribution < -0.4 is 31.9 Å². The fourth-order valence-corrected chi connectivity index (χ4v) is 12.1. The molecule has 2 saturated carbocycles. The third-order valence-electron chi connectivity index (χ3n) is 7.34. The molecule has 14 nitrogen and oxygen atoms in total. The molecule has 0 radical (unpaired) electrons. The molecule has 6 N–H and O–H groups in total. The fraction of sp³-hybridized carbons (Fsp3) is 0.812. The molecule has 274 valence electrons. The van der Waals surface area contributed by atoms with Crippen LogP contribution in [-0.2, 0) is 28.7 Å². The van der Waals surface area contributed by atoms with Gasteiger partial charge in [-0.15, -0.1) is 0 Å². The molecule has 0 saturated heterocycles. The van der Waals surface area contributed by atoms with Crippen LogP contribution in [0.2, 0.25) is 10.6 Å². The molecule has 0 bridgehead atoms. The molecular weight excluding hydrogens is 754 g/mol. The number of nitrogens with one attached hydrogen (secondary N) is 6. The first-order valence-corrected chi connectivity index (χ1v) is 23.6. The van der Waals surface area contributed by atoms with Crippen LogP contribution >= 0.6 is 0 Å². The Bertz CT molecular complexity index is 1000. The summed E-state index contributed by atoms with van der Waals surface area (Å²) in [7, 11) is 0. The molecule has 0 heterocycles. The summed E-state index contributed by atoms with van der Waals surface area (Å²) in [5, 5.41) is 17.3. The molecule has 0 aliphatic heterocycles. The number of carbonyl (C=O) groups is 6. The molecule has 2 atom stereocenters. The van der Waals surface area contributed by atoms with Crippen LogP contribution in [0.25, 0.3) is 0 Å². The van der Waals surface area contributed by atoms with Gasteiger partial charge in [0, 0.05) is 0 Å². The van der Waals surface area contributed by atoms with E-state index in [2.05, 4.69) is 31.9 Å². The summed E-state index contributed by atoms with van der Waals surface area (Å²) in [4.78, 5) is 76.2. The van der Waals surface area contributed by atoms with E-state index in [0.29, 0.717) is 10.6 Å². The zero-order chi connectivity index (χ0) is 35.7. The Kier molecular flexibility index (Phi) is 18.1. The van der Waals surface area contributed by atoms with E-state index in [9.17, 15) is 28.8 Å². The zero-order valence-corrected chi connectivity index (χ0v) is 32.7. The van der Waals surface area contributed by atoms with Gasteiger partial charge >= 0.3 is 297 Å². The Morgan fingerprint density at radius 1 is 0.583 bits per heavy atom. The molecule has 0 spiro atoms. The molecule has 0 aromatic heterocycles. The molecule has 0 aromatic rings. The van der Waals surface area contributed by atoms with Crippen molar-refractivity contribution in [2.24, 2.45) is 0 Å². The molecule has 0 aromatic carbocycles. The summed E-state index contributed by atoms with van der Waals surface area (Å²) in [6.45, 7) is 9.65.